The molecular formula is C9H7ClN6O. The number of nitrogens with zero attached hydrogens (tertiary/aromatic N) is 4. The van der Waals surface area contributed by atoms with Crippen LogP contribution in [0.5, 0.6) is 0 Å². The van der Waals surface area contributed by atoms with Crippen LogP contribution >= 0.6 is 11.6 Å². The van der Waals surface area contributed by atoms with Crippen LogP contribution in [0, 0.1) is 0 Å². The maximum atomic E-state index is 11.3. The molecule has 0 atom stereocenters. The average molecular weight is 251 g/mol. The summed E-state index contributed by atoms with van der Waals surface area (Å²) in [5.41, 5.74) is 5.81. The molecule has 3 N–H and O–H groups in total. The average Bonchev–Trinajstić information content (AvgIpc) is 2.78. The van der Waals surface area contributed by atoms with Crippen LogP contribution in [-0.4, -0.2) is 31.5 Å². The van der Waals surface area contributed by atoms with Crippen molar-refractivity contribution in [2.45, 2.75) is 0 Å². The number of carbonyl (C=O) groups excluding carboxylic acids is 1. The summed E-state index contributed by atoms with van der Waals surface area (Å²) >= 11 is 5.73. The number of hydrogen-bond acceptors (Lipinski definition) is 5. The highest BCUT2D eigenvalue weighted by Crippen LogP contribution is 2.13. The maximum absolute atomic E-state index is 11.3. The molecule has 0 unspecified atom stereocenters. The van der Waals surface area contributed by atoms with Gasteiger partial charge in [0.05, 0.1) is 11.3 Å². The number of aromatic amines is 1. The Morgan fingerprint density at radius 3 is 2.88 bits per heavy atom. The Morgan fingerprint density at radius 2 is 2.29 bits per heavy atom. The summed E-state index contributed by atoms with van der Waals surface area (Å²) in [7, 11) is 0. The topological polar surface area (TPSA) is 110 Å². The van der Waals surface area contributed by atoms with Crippen molar-refractivity contribution < 1.29 is 4.79 Å². The second-order valence-electron chi connectivity index (χ2n) is 3.04. The van der Waals surface area contributed by atoms with Crippen LogP contribution in [0.15, 0.2) is 18.2 Å². The monoisotopic (exact) mass is 250 g/mol. The van der Waals surface area contributed by atoms with E-state index in [4.69, 9.17) is 17.3 Å². The summed E-state index contributed by atoms with van der Waals surface area (Å²) in [5.74, 6) is -0.563. The number of tetrazole rings is 1. The molecule has 17 heavy (non-hydrogen) atoms. The fourth-order valence-corrected chi connectivity index (χ4v) is 1.34. The first-order valence-corrected chi connectivity index (χ1v) is 4.92. The molecular weight excluding hydrogens is 244 g/mol. The van der Waals surface area contributed by atoms with Gasteiger partial charge in [-0.3, -0.25) is 4.79 Å². The van der Waals surface area contributed by atoms with E-state index in [0.29, 0.717) is 10.8 Å². The number of carbonyl (C=O) groups is 1. The van der Waals surface area contributed by atoms with Gasteiger partial charge in [0, 0.05) is 0 Å². The van der Waals surface area contributed by atoms with Crippen LogP contribution in [-0.2, 0) is 4.79 Å². The van der Waals surface area contributed by atoms with E-state index in [9.17, 15) is 4.79 Å². The van der Waals surface area contributed by atoms with E-state index in [1.54, 1.807) is 18.2 Å². The highest BCUT2D eigenvalue weighted by Gasteiger charge is 2.13. The van der Waals surface area contributed by atoms with Gasteiger partial charge in [0.25, 0.3) is 5.91 Å². The Bertz CT molecular complexity index is 565. The van der Waals surface area contributed by atoms with E-state index in [1.165, 1.54) is 6.08 Å². The van der Waals surface area contributed by atoms with Gasteiger partial charge in [-0.25, -0.2) is 4.98 Å². The quantitative estimate of drug-likeness (QED) is 0.600. The summed E-state index contributed by atoms with van der Waals surface area (Å²) in [4.78, 5) is 15.3. The van der Waals surface area contributed by atoms with Crippen LogP contribution in [0.1, 0.15) is 11.5 Å². The summed E-state index contributed by atoms with van der Waals surface area (Å²) in [6.45, 7) is 0. The Morgan fingerprint density at radius 1 is 1.47 bits per heavy atom. The third kappa shape index (κ3) is 2.64. The number of H-pyrrole nitrogens is 1. The van der Waals surface area contributed by atoms with Crippen molar-refractivity contribution in [2.24, 2.45) is 5.73 Å². The number of halogens is 1. The van der Waals surface area contributed by atoms with Gasteiger partial charge < -0.3 is 5.73 Å². The van der Waals surface area contributed by atoms with Gasteiger partial charge in [0.2, 0.25) is 5.82 Å². The van der Waals surface area contributed by atoms with Crippen LogP contribution in [0.4, 0.5) is 0 Å². The van der Waals surface area contributed by atoms with Crippen molar-refractivity contribution in [3.05, 3.63) is 34.9 Å². The normalized spacial score (nSPS) is 11.5. The predicted molar refractivity (Wildman–Crippen MR) is 60.5 cm³/mol. The van der Waals surface area contributed by atoms with E-state index < -0.39 is 5.91 Å². The van der Waals surface area contributed by atoms with Gasteiger partial charge in [-0.1, -0.05) is 17.7 Å². The third-order valence-corrected chi connectivity index (χ3v) is 2.09. The molecule has 0 aliphatic heterocycles. The van der Waals surface area contributed by atoms with Crippen LogP contribution in [0.3, 0.4) is 0 Å². The molecule has 0 aromatic carbocycles. The molecule has 0 bridgehead atoms. The largest absolute Gasteiger partial charge is 0.365 e. The molecule has 0 saturated heterocycles. The molecule has 0 radical (unpaired) electrons. The minimum absolute atomic E-state index is 0.105. The van der Waals surface area contributed by atoms with Gasteiger partial charge in [0.1, 0.15) is 5.15 Å². The SMILES string of the molecule is NC(=O)C(=Cc1cccc(Cl)n1)c1nn[nH]n1. The lowest BCUT2D eigenvalue weighted by Crippen LogP contribution is -2.14. The van der Waals surface area contributed by atoms with E-state index in [1.807, 2.05) is 0 Å². The molecule has 86 valence electrons. The molecule has 0 aliphatic carbocycles. The molecule has 2 rings (SSSR count). The summed E-state index contributed by atoms with van der Waals surface area (Å²) in [6, 6.07) is 5.00. The van der Waals surface area contributed by atoms with E-state index in [-0.39, 0.29) is 11.4 Å². The molecule has 7 nitrogen and oxygen atoms in total. The highest BCUT2D eigenvalue weighted by molar-refractivity contribution is 6.29. The van der Waals surface area contributed by atoms with Gasteiger partial charge in [0.15, 0.2) is 0 Å². The number of pyridine rings is 1. The van der Waals surface area contributed by atoms with Crippen molar-refractivity contribution in [2.75, 3.05) is 0 Å². The van der Waals surface area contributed by atoms with Crippen molar-refractivity contribution >= 4 is 29.2 Å². The van der Waals surface area contributed by atoms with Gasteiger partial charge in [-0.2, -0.15) is 5.21 Å². The first-order valence-electron chi connectivity index (χ1n) is 4.54. The molecule has 0 aliphatic rings. The number of amides is 1. The van der Waals surface area contributed by atoms with Crippen molar-refractivity contribution in [1.29, 1.82) is 0 Å². The Balaban J connectivity index is 2.44. The first kappa shape index (κ1) is 11.2. The minimum Gasteiger partial charge on any atom is -0.365 e. The molecule has 2 aromatic rings. The lowest BCUT2D eigenvalue weighted by Gasteiger charge is -1.98. The summed E-state index contributed by atoms with van der Waals surface area (Å²) < 4.78 is 0. The molecule has 2 heterocycles. The zero-order valence-electron chi connectivity index (χ0n) is 8.46. The number of nitrogens with one attached hydrogen (secondary N) is 1. The standard InChI is InChI=1S/C9H7ClN6O/c10-7-3-1-2-5(12-7)4-6(8(11)17)9-13-15-16-14-9/h1-4H,(H2,11,17)(H,13,14,15,16). The number of nitrogens with two attached hydrogens (primary N) is 1. The van der Waals surface area contributed by atoms with Crippen LogP contribution in [0.2, 0.25) is 5.15 Å². The Hall–Kier alpha value is -2.28. The molecule has 8 heteroatoms. The van der Waals surface area contributed by atoms with E-state index in [2.05, 4.69) is 25.6 Å². The second kappa shape index (κ2) is 4.71. The highest BCUT2D eigenvalue weighted by atomic mass is 35.5. The first-order chi connectivity index (χ1) is 8.16. The van der Waals surface area contributed by atoms with Gasteiger partial charge >= 0.3 is 0 Å². The smallest absolute Gasteiger partial charge is 0.252 e. The molecule has 1 amide bonds. The van der Waals surface area contributed by atoms with Gasteiger partial charge in [-0.05, 0) is 23.4 Å². The van der Waals surface area contributed by atoms with Crippen molar-refractivity contribution in [1.82, 2.24) is 25.6 Å². The fourth-order valence-electron chi connectivity index (χ4n) is 1.17. The van der Waals surface area contributed by atoms with Crippen LogP contribution in [0.25, 0.3) is 11.6 Å². The fraction of sp³-hybridized carbons (Fsp3) is 0. The van der Waals surface area contributed by atoms with E-state index in [0.717, 1.165) is 0 Å². The molecule has 0 saturated carbocycles. The third-order valence-electron chi connectivity index (χ3n) is 1.88. The Labute approximate surface area is 101 Å². The van der Waals surface area contributed by atoms with Crippen molar-refractivity contribution in [3.63, 3.8) is 0 Å². The zero-order chi connectivity index (χ0) is 12.3. The van der Waals surface area contributed by atoms with E-state index >= 15 is 0 Å². The van der Waals surface area contributed by atoms with Crippen molar-refractivity contribution in [3.8, 4) is 0 Å². The Kier molecular flexibility index (Phi) is 3.10. The molecule has 0 fully saturated rings. The summed E-state index contributed by atoms with van der Waals surface area (Å²) in [5, 5.41) is 13.3. The number of hydrogen-bond donors (Lipinski definition) is 2. The lowest BCUT2D eigenvalue weighted by atomic mass is 10.2. The number of aromatic nitrogens is 5. The molecule has 0 spiro atoms. The second-order valence-corrected chi connectivity index (χ2v) is 3.43. The number of rotatable bonds is 3. The predicted octanol–water partition coefficient (Wildman–Crippen LogP) is 0.274. The zero-order valence-corrected chi connectivity index (χ0v) is 9.22. The lowest BCUT2D eigenvalue weighted by molar-refractivity contribution is -0.112. The number of primary amides is 1. The van der Waals surface area contributed by atoms with Crippen LogP contribution < -0.4 is 5.73 Å². The molecule has 2 aromatic heterocycles. The van der Waals surface area contributed by atoms with Gasteiger partial charge in [-0.15, -0.1) is 10.2 Å². The minimum atomic E-state index is -0.673. The summed E-state index contributed by atoms with van der Waals surface area (Å²) in [6.07, 6.45) is 1.44. The maximum Gasteiger partial charge on any atom is 0.252 e.